The van der Waals surface area contributed by atoms with Crippen molar-refractivity contribution in [2.75, 3.05) is 26.9 Å². The molecule has 3 aromatic carbocycles. The third kappa shape index (κ3) is 9.14. The Kier molecular flexibility index (Phi) is 13.9. The fraction of sp³-hybridized carbons (Fsp3) is 0.571. The lowest BCUT2D eigenvalue weighted by Crippen LogP contribution is -2.67. The summed E-state index contributed by atoms with van der Waals surface area (Å²) in [5, 5.41) is 2.35. The summed E-state index contributed by atoms with van der Waals surface area (Å²) < 4.78 is 46.8. The number of hydrogen-bond acceptors (Lipinski definition) is 7. The summed E-state index contributed by atoms with van der Waals surface area (Å²) >= 11 is 0. The van der Waals surface area contributed by atoms with Gasteiger partial charge >= 0.3 is 0 Å². The normalized spacial score (nSPS) is 21.1. The van der Waals surface area contributed by atoms with Crippen molar-refractivity contribution in [1.82, 2.24) is 0 Å². The molecule has 0 bridgehead atoms. The van der Waals surface area contributed by atoms with E-state index in [-0.39, 0.29) is 23.2 Å². The Labute approximate surface area is 302 Å². The lowest BCUT2D eigenvalue weighted by molar-refractivity contribution is -0.254. The Bertz CT molecular complexity index is 1350. The second-order valence-corrected chi connectivity index (χ2v) is 19.3. The van der Waals surface area contributed by atoms with Crippen LogP contribution in [0.1, 0.15) is 79.2 Å². The molecule has 1 spiro atoms. The summed E-state index contributed by atoms with van der Waals surface area (Å²) in [6, 6.07) is 31.8. The third-order valence-electron chi connectivity index (χ3n) is 10.4. The maximum absolute atomic E-state index is 7.42. The Morgan fingerprint density at radius 3 is 1.92 bits per heavy atom. The lowest BCUT2D eigenvalue weighted by atomic mass is 9.93. The van der Waals surface area contributed by atoms with Gasteiger partial charge in [0.15, 0.2) is 12.1 Å². The molecule has 2 aliphatic rings. The van der Waals surface area contributed by atoms with Crippen LogP contribution in [0.2, 0.25) is 5.04 Å². The van der Waals surface area contributed by atoms with E-state index < -0.39 is 32.6 Å². The average molecular weight is 705 g/mol. The van der Waals surface area contributed by atoms with Crippen LogP contribution in [-0.4, -0.2) is 71.7 Å². The van der Waals surface area contributed by atoms with Crippen molar-refractivity contribution >= 4 is 18.7 Å². The van der Waals surface area contributed by atoms with Gasteiger partial charge in [-0.2, -0.15) is 0 Å². The molecule has 1 saturated carbocycles. The molecule has 50 heavy (non-hydrogen) atoms. The molecule has 274 valence electrons. The molecule has 0 aromatic heterocycles. The van der Waals surface area contributed by atoms with Gasteiger partial charge in [0.25, 0.3) is 8.32 Å². The standard InChI is InChI=1S/C42H60O7Si/c1-8-44-33(3)48-39(37-31-46-42(49-37)27-19-12-20-28-42)40(45-30-34-21-13-9-14-22-34)38(43-7)32(2)29-47-50(41(4,5)6,35-23-15-10-16-24-35)36-25-17-11-18-26-36/h9-11,13-18,21-26,32-33,37-40H,8,12,19-20,27-31H2,1-7H3/t32-,33?,37+,38-,39+,40+/m0/s1. The van der Waals surface area contributed by atoms with E-state index in [4.69, 9.17) is 32.8 Å². The molecular weight excluding hydrogens is 645 g/mol. The Hall–Kier alpha value is -2.40. The highest BCUT2D eigenvalue weighted by Crippen LogP contribution is 2.41. The zero-order chi connectivity index (χ0) is 35.6. The first-order chi connectivity index (χ1) is 24.1. The molecule has 7 nitrogen and oxygen atoms in total. The summed E-state index contributed by atoms with van der Waals surface area (Å²) in [5.74, 6) is -0.633. The first-order valence-electron chi connectivity index (χ1n) is 18.6. The fourth-order valence-corrected chi connectivity index (χ4v) is 12.6. The Balaban J connectivity index is 1.49. The molecule has 1 saturated heterocycles. The van der Waals surface area contributed by atoms with Crippen molar-refractivity contribution in [3.8, 4) is 0 Å². The minimum Gasteiger partial charge on any atom is -0.407 e. The smallest absolute Gasteiger partial charge is 0.261 e. The predicted molar refractivity (Wildman–Crippen MR) is 201 cm³/mol. The fourth-order valence-electron chi connectivity index (χ4n) is 7.91. The monoisotopic (exact) mass is 704 g/mol. The summed E-state index contributed by atoms with van der Waals surface area (Å²) in [6.45, 7) is 14.9. The molecule has 1 aliphatic carbocycles. The summed E-state index contributed by atoms with van der Waals surface area (Å²) in [4.78, 5) is 0. The van der Waals surface area contributed by atoms with Gasteiger partial charge in [-0.05, 0) is 47.7 Å². The van der Waals surface area contributed by atoms with E-state index in [0.717, 1.165) is 31.2 Å². The van der Waals surface area contributed by atoms with Crippen LogP contribution in [0.25, 0.3) is 0 Å². The van der Waals surface area contributed by atoms with Gasteiger partial charge in [-0.25, -0.2) is 0 Å². The highest BCUT2D eigenvalue weighted by atomic mass is 28.4. The molecule has 0 N–H and O–H groups in total. The van der Waals surface area contributed by atoms with Crippen LogP contribution in [0.3, 0.4) is 0 Å². The van der Waals surface area contributed by atoms with Crippen molar-refractivity contribution < 1.29 is 32.8 Å². The highest BCUT2D eigenvalue weighted by Gasteiger charge is 2.52. The SMILES string of the molecule is CCOC(C)O[C@@H]([C@H](OCc1ccccc1)[C@@H](OC)[C@@H](C)CO[Si](c1ccccc1)(c1ccccc1)C(C)(C)C)[C@H]1COC2(CCCCC2)O1. The number of rotatable bonds is 17. The van der Waals surface area contributed by atoms with E-state index in [1.807, 2.05) is 32.0 Å². The van der Waals surface area contributed by atoms with Crippen LogP contribution in [0.4, 0.5) is 0 Å². The molecule has 1 unspecified atom stereocenters. The minimum atomic E-state index is -2.79. The Morgan fingerprint density at radius 2 is 1.38 bits per heavy atom. The van der Waals surface area contributed by atoms with Gasteiger partial charge in [-0.15, -0.1) is 0 Å². The Morgan fingerprint density at radius 1 is 0.800 bits per heavy atom. The first-order valence-corrected chi connectivity index (χ1v) is 20.6. The van der Waals surface area contributed by atoms with E-state index in [1.54, 1.807) is 7.11 Å². The van der Waals surface area contributed by atoms with E-state index >= 15 is 0 Å². The minimum absolute atomic E-state index is 0.0677. The van der Waals surface area contributed by atoms with E-state index in [9.17, 15) is 0 Å². The van der Waals surface area contributed by atoms with Crippen molar-refractivity contribution in [2.45, 2.75) is 122 Å². The van der Waals surface area contributed by atoms with E-state index in [0.29, 0.717) is 26.4 Å². The van der Waals surface area contributed by atoms with Gasteiger partial charge in [-0.3, -0.25) is 0 Å². The van der Waals surface area contributed by atoms with Crippen molar-refractivity contribution in [3.05, 3.63) is 96.6 Å². The van der Waals surface area contributed by atoms with Gasteiger partial charge in [0.1, 0.15) is 18.3 Å². The molecule has 5 rings (SSSR count). The van der Waals surface area contributed by atoms with Gasteiger partial charge in [0, 0.05) is 39.1 Å². The van der Waals surface area contributed by atoms with E-state index in [2.05, 4.69) is 100 Å². The van der Waals surface area contributed by atoms with Crippen molar-refractivity contribution in [2.24, 2.45) is 5.92 Å². The van der Waals surface area contributed by atoms with Crippen molar-refractivity contribution in [1.29, 1.82) is 0 Å². The molecule has 0 radical (unpaired) electrons. The maximum atomic E-state index is 7.42. The summed E-state index contributed by atoms with van der Waals surface area (Å²) in [5.41, 5.74) is 1.08. The van der Waals surface area contributed by atoms with Crippen LogP contribution in [0.5, 0.6) is 0 Å². The molecular formula is C42H60O7Si. The van der Waals surface area contributed by atoms with Crippen LogP contribution in [0.15, 0.2) is 91.0 Å². The predicted octanol–water partition coefficient (Wildman–Crippen LogP) is 7.64. The van der Waals surface area contributed by atoms with Crippen LogP contribution >= 0.6 is 0 Å². The van der Waals surface area contributed by atoms with Crippen LogP contribution < -0.4 is 10.4 Å². The van der Waals surface area contributed by atoms with E-state index in [1.165, 1.54) is 16.8 Å². The number of methoxy groups -OCH3 is 1. The molecule has 0 amide bonds. The molecule has 1 heterocycles. The molecule has 1 aliphatic heterocycles. The quantitative estimate of drug-likeness (QED) is 0.106. The molecule has 6 atom stereocenters. The van der Waals surface area contributed by atoms with Crippen LogP contribution in [-0.2, 0) is 39.5 Å². The second kappa shape index (κ2) is 17.9. The van der Waals surface area contributed by atoms with Gasteiger partial charge in [0.05, 0.1) is 19.3 Å². The number of ether oxygens (including phenoxy) is 6. The summed E-state index contributed by atoms with van der Waals surface area (Å²) in [6.07, 6.45) is 2.96. The zero-order valence-electron chi connectivity index (χ0n) is 31.3. The van der Waals surface area contributed by atoms with Gasteiger partial charge in [-0.1, -0.05) is 125 Å². The maximum Gasteiger partial charge on any atom is 0.261 e. The zero-order valence-corrected chi connectivity index (χ0v) is 32.3. The number of benzene rings is 3. The van der Waals surface area contributed by atoms with Gasteiger partial charge < -0.3 is 32.8 Å². The van der Waals surface area contributed by atoms with Crippen molar-refractivity contribution in [3.63, 3.8) is 0 Å². The molecule has 3 aromatic rings. The molecule has 8 heteroatoms. The third-order valence-corrected chi connectivity index (χ3v) is 15.4. The molecule has 2 fully saturated rings. The lowest BCUT2D eigenvalue weighted by Gasteiger charge is -2.44. The van der Waals surface area contributed by atoms with Gasteiger partial charge in [0.2, 0.25) is 0 Å². The highest BCUT2D eigenvalue weighted by molar-refractivity contribution is 6.99. The second-order valence-electron chi connectivity index (χ2n) is 15.0. The first kappa shape index (κ1) is 38.8. The average Bonchev–Trinajstić information content (AvgIpc) is 3.53. The topological polar surface area (TPSA) is 64.6 Å². The van der Waals surface area contributed by atoms with Crippen LogP contribution in [0, 0.1) is 5.92 Å². The summed E-state index contributed by atoms with van der Waals surface area (Å²) in [7, 11) is -1.02. The number of hydrogen-bond donors (Lipinski definition) is 0. The largest absolute Gasteiger partial charge is 0.407 e.